The molecule has 20 atom stereocenters. The summed E-state index contributed by atoms with van der Waals surface area (Å²) in [5.74, 6) is 6.85. The van der Waals surface area contributed by atoms with Gasteiger partial charge in [0.2, 0.25) is 11.8 Å². The Kier molecular flexibility index (Phi) is 12.0. The zero-order valence-electron chi connectivity index (χ0n) is 38.7. The van der Waals surface area contributed by atoms with Crippen LogP contribution in [-0.4, -0.2) is 92.6 Å². The van der Waals surface area contributed by atoms with Crippen molar-refractivity contribution >= 4 is 11.8 Å². The van der Waals surface area contributed by atoms with Crippen LogP contribution >= 0.6 is 0 Å². The summed E-state index contributed by atoms with van der Waals surface area (Å²) in [7, 11) is 0. The molecule has 60 heavy (non-hydrogen) atoms. The highest BCUT2D eigenvalue weighted by molar-refractivity contribution is 5.78. The second-order valence-electron chi connectivity index (χ2n) is 24.6. The monoisotopic (exact) mass is 835 g/mol. The maximum atomic E-state index is 13.6. The van der Waals surface area contributed by atoms with E-state index in [-0.39, 0.29) is 57.9 Å². The lowest BCUT2D eigenvalue weighted by atomic mass is 9.43. The molecular weight excluding hydrogens is 749 g/mol. The maximum Gasteiger partial charge on any atom is 0.222 e. The van der Waals surface area contributed by atoms with Crippen LogP contribution in [0.15, 0.2) is 0 Å². The number of hydrogen-bond acceptors (Lipinski definition) is 6. The Morgan fingerprint density at radius 2 is 0.900 bits per heavy atom. The summed E-state index contributed by atoms with van der Waals surface area (Å²) < 4.78 is 0. The van der Waals surface area contributed by atoms with Gasteiger partial charge in [-0.1, -0.05) is 41.5 Å². The van der Waals surface area contributed by atoms with Crippen LogP contribution in [-0.2, 0) is 9.59 Å². The minimum absolute atomic E-state index is 0.0838. The molecule has 4 N–H and O–H groups in total. The van der Waals surface area contributed by atoms with E-state index in [1.807, 2.05) is 9.80 Å². The van der Waals surface area contributed by atoms with Crippen molar-refractivity contribution in [1.29, 1.82) is 0 Å². The fourth-order valence-corrected chi connectivity index (χ4v) is 18.9. The SMILES string of the molecule is C[C@H](CCC(=O)N1CCN(C(=O)CC[C@H](C)[C@@H]2CC[C@@H]3[C@H]4CC[C@H]5C[C@@H](O)CC[C@@]5(C)[C@@H]4C[C@@H](O)[C@]32C)CC1)[C@H]1CC[C@H]2[C@@H]3CC[C@@H]4C[C@H](O)CC[C@]4(C)[C@H]3C[C@H](O)[C@]12C. The van der Waals surface area contributed by atoms with Gasteiger partial charge >= 0.3 is 0 Å². The van der Waals surface area contributed by atoms with Gasteiger partial charge in [0.15, 0.2) is 0 Å². The number of amides is 2. The van der Waals surface area contributed by atoms with E-state index in [0.29, 0.717) is 110 Å². The van der Waals surface area contributed by atoms with E-state index in [2.05, 4.69) is 41.5 Å². The molecule has 9 rings (SSSR count). The highest BCUT2D eigenvalue weighted by atomic mass is 16.3. The number of aliphatic hydroxyl groups excluding tert-OH is 4. The highest BCUT2D eigenvalue weighted by Crippen LogP contribution is 2.70. The Bertz CT molecular complexity index is 1470. The summed E-state index contributed by atoms with van der Waals surface area (Å²) in [5.41, 5.74) is 0.324. The summed E-state index contributed by atoms with van der Waals surface area (Å²) in [4.78, 5) is 31.3. The topological polar surface area (TPSA) is 122 Å². The second kappa shape index (κ2) is 16.3. The fourth-order valence-electron chi connectivity index (χ4n) is 18.9. The predicted molar refractivity (Wildman–Crippen MR) is 235 cm³/mol. The number of aliphatic hydroxyl groups is 4. The van der Waals surface area contributed by atoms with Gasteiger partial charge in [0.1, 0.15) is 0 Å². The zero-order valence-corrected chi connectivity index (χ0v) is 38.7. The first-order chi connectivity index (χ1) is 28.5. The zero-order chi connectivity index (χ0) is 42.5. The number of piperazine rings is 1. The number of rotatable bonds is 8. The number of fused-ring (bicyclic) bond motifs is 10. The minimum atomic E-state index is -0.294. The van der Waals surface area contributed by atoms with Gasteiger partial charge in [-0.25, -0.2) is 0 Å². The van der Waals surface area contributed by atoms with Crippen LogP contribution in [0.25, 0.3) is 0 Å². The first-order valence-corrected chi connectivity index (χ1v) is 25.8. The predicted octanol–water partition coefficient (Wildman–Crippen LogP) is 8.47. The summed E-state index contributed by atoms with van der Waals surface area (Å²) >= 11 is 0. The lowest BCUT2D eigenvalue weighted by Crippen LogP contribution is -2.58. The van der Waals surface area contributed by atoms with Crippen LogP contribution in [0, 0.1) is 92.7 Å². The largest absolute Gasteiger partial charge is 0.393 e. The Balaban J connectivity index is 0.731. The lowest BCUT2D eigenvalue weighted by Gasteiger charge is -2.62. The third kappa shape index (κ3) is 7.01. The molecule has 0 spiro atoms. The lowest BCUT2D eigenvalue weighted by molar-refractivity contribution is -0.175. The van der Waals surface area contributed by atoms with Crippen molar-refractivity contribution in [1.82, 2.24) is 9.80 Å². The van der Waals surface area contributed by atoms with Crippen molar-refractivity contribution < 1.29 is 30.0 Å². The number of carbonyl (C=O) groups excluding carboxylic acids is 2. The van der Waals surface area contributed by atoms with Crippen LogP contribution in [0.3, 0.4) is 0 Å². The first kappa shape index (κ1) is 44.0. The quantitative estimate of drug-likeness (QED) is 0.195. The van der Waals surface area contributed by atoms with Gasteiger partial charge in [-0.3, -0.25) is 9.59 Å². The normalized spacial score (nSPS) is 51.0. The number of carbonyl (C=O) groups is 2. The molecule has 1 heterocycles. The summed E-state index contributed by atoms with van der Waals surface area (Å²) in [6.07, 6.45) is 19.3. The molecule has 8 heteroatoms. The van der Waals surface area contributed by atoms with Gasteiger partial charge in [-0.05, 0) is 208 Å². The third-order valence-electron chi connectivity index (χ3n) is 22.6. The molecule has 1 saturated heterocycles. The second-order valence-corrected chi connectivity index (χ2v) is 24.6. The summed E-state index contributed by atoms with van der Waals surface area (Å²) in [6.45, 7) is 16.9. The Morgan fingerprint density at radius 1 is 0.517 bits per heavy atom. The van der Waals surface area contributed by atoms with Crippen LogP contribution in [0.1, 0.15) is 170 Å². The molecule has 9 fully saturated rings. The molecule has 0 radical (unpaired) electrons. The molecule has 8 saturated carbocycles. The molecule has 9 aliphatic rings. The van der Waals surface area contributed by atoms with Gasteiger partial charge in [0.25, 0.3) is 0 Å². The van der Waals surface area contributed by atoms with Crippen molar-refractivity contribution in [3.63, 3.8) is 0 Å². The molecule has 8 aliphatic carbocycles. The van der Waals surface area contributed by atoms with Crippen molar-refractivity contribution in [2.75, 3.05) is 26.2 Å². The van der Waals surface area contributed by atoms with E-state index in [1.54, 1.807) is 0 Å². The molecule has 1 aliphatic heterocycles. The van der Waals surface area contributed by atoms with E-state index < -0.39 is 0 Å². The van der Waals surface area contributed by atoms with E-state index in [4.69, 9.17) is 0 Å². The van der Waals surface area contributed by atoms with Crippen LogP contribution < -0.4 is 0 Å². The van der Waals surface area contributed by atoms with Crippen molar-refractivity contribution in [2.45, 2.75) is 194 Å². The van der Waals surface area contributed by atoms with Crippen LogP contribution in [0.4, 0.5) is 0 Å². The van der Waals surface area contributed by atoms with Gasteiger partial charge < -0.3 is 30.2 Å². The van der Waals surface area contributed by atoms with Crippen molar-refractivity contribution in [3.05, 3.63) is 0 Å². The van der Waals surface area contributed by atoms with Gasteiger partial charge in [-0.2, -0.15) is 0 Å². The average Bonchev–Trinajstić information content (AvgIpc) is 3.79. The molecule has 0 aromatic rings. The van der Waals surface area contributed by atoms with E-state index in [9.17, 15) is 30.0 Å². The molecular formula is C52H86N2O6. The van der Waals surface area contributed by atoms with E-state index >= 15 is 0 Å². The third-order valence-corrected chi connectivity index (χ3v) is 22.6. The molecule has 2 amide bonds. The van der Waals surface area contributed by atoms with Crippen LogP contribution in [0.5, 0.6) is 0 Å². The minimum Gasteiger partial charge on any atom is -0.393 e. The summed E-state index contributed by atoms with van der Waals surface area (Å²) in [5, 5.41) is 44.9. The van der Waals surface area contributed by atoms with E-state index in [0.717, 1.165) is 77.0 Å². The molecule has 0 aromatic carbocycles. The summed E-state index contributed by atoms with van der Waals surface area (Å²) in [6, 6.07) is 0. The molecule has 8 nitrogen and oxygen atoms in total. The average molecular weight is 835 g/mol. The standard InChI is InChI=1S/C52H86N2O6/c1-31(39-13-15-41-37-11-9-33-27-35(55)19-21-49(33,3)43(37)29-45(57)51(39,41)5)7-17-47(59)53-23-25-54(26-24-53)48(60)18-8-32(2)40-14-16-42-38-12-10-34-28-36(56)20-22-50(34,4)44(38)30-46(58)52(40,42)6/h31-46,55-58H,7-30H2,1-6H3/t31-,32+,33-,34+,35-,36+,37+,38-,39-,40+,41+,42-,43+,44-,45+,46-,49+,50-,51-,52+. The van der Waals surface area contributed by atoms with Gasteiger partial charge in [-0.15, -0.1) is 0 Å². The number of nitrogens with zero attached hydrogens (tertiary/aromatic N) is 2. The number of hydrogen-bond donors (Lipinski definition) is 4. The Labute approximate surface area is 363 Å². The molecule has 340 valence electrons. The van der Waals surface area contributed by atoms with Crippen molar-refractivity contribution in [3.8, 4) is 0 Å². The first-order valence-electron chi connectivity index (χ1n) is 25.8. The fraction of sp³-hybridized carbons (Fsp3) is 0.962. The molecule has 0 unspecified atom stereocenters. The van der Waals surface area contributed by atoms with Crippen LogP contribution in [0.2, 0.25) is 0 Å². The Hall–Kier alpha value is -1.22. The van der Waals surface area contributed by atoms with Gasteiger partial charge in [0.05, 0.1) is 24.4 Å². The van der Waals surface area contributed by atoms with Crippen molar-refractivity contribution in [2.24, 2.45) is 92.7 Å². The maximum absolute atomic E-state index is 13.6. The molecule has 0 aromatic heterocycles. The van der Waals surface area contributed by atoms with E-state index in [1.165, 1.54) is 38.5 Å². The molecule has 0 bridgehead atoms. The van der Waals surface area contributed by atoms with Gasteiger partial charge in [0, 0.05) is 39.0 Å². The Morgan fingerprint density at radius 3 is 1.28 bits per heavy atom. The highest BCUT2D eigenvalue weighted by Gasteiger charge is 2.65. The smallest absolute Gasteiger partial charge is 0.222 e.